The summed E-state index contributed by atoms with van der Waals surface area (Å²) >= 11 is 0. The van der Waals surface area contributed by atoms with Crippen LogP contribution in [-0.2, 0) is 11.3 Å². The lowest BCUT2D eigenvalue weighted by Crippen LogP contribution is -2.50. The van der Waals surface area contributed by atoms with E-state index < -0.39 is 0 Å². The number of piperazine rings is 1. The Morgan fingerprint density at radius 2 is 2.14 bits per heavy atom. The molecule has 0 bridgehead atoms. The van der Waals surface area contributed by atoms with Gasteiger partial charge in [0.15, 0.2) is 0 Å². The Morgan fingerprint density at radius 3 is 2.71 bits per heavy atom. The smallest absolute Gasteiger partial charge is 0.227 e. The highest BCUT2D eigenvalue weighted by Crippen LogP contribution is 2.13. The second-order valence-electron chi connectivity index (χ2n) is 5.68. The van der Waals surface area contributed by atoms with E-state index in [0.29, 0.717) is 6.54 Å². The number of carbonyl (C=O) groups is 1. The number of amides is 1. The van der Waals surface area contributed by atoms with Gasteiger partial charge < -0.3 is 10.6 Å². The second kappa shape index (κ2) is 8.10. The third-order valence-corrected chi connectivity index (χ3v) is 4.08. The Hall–Kier alpha value is -1.46. The molecule has 5 heteroatoms. The van der Waals surface area contributed by atoms with Gasteiger partial charge in [0.2, 0.25) is 5.91 Å². The molecule has 1 aromatic heterocycles. The van der Waals surface area contributed by atoms with Crippen LogP contribution in [0.3, 0.4) is 0 Å². The molecule has 1 unspecified atom stereocenters. The normalized spacial score (nSPS) is 17.7. The SMILES string of the molecule is CCCC(CN)C(=O)N1CCN(Cc2cccnc2)CC1. The predicted octanol–water partition coefficient (Wildman–Crippen LogP) is 1.10. The summed E-state index contributed by atoms with van der Waals surface area (Å²) in [5, 5.41) is 0. The van der Waals surface area contributed by atoms with E-state index >= 15 is 0 Å². The van der Waals surface area contributed by atoms with Crippen molar-refractivity contribution in [1.82, 2.24) is 14.8 Å². The number of rotatable bonds is 6. The summed E-state index contributed by atoms with van der Waals surface area (Å²) in [5.74, 6) is 0.236. The van der Waals surface area contributed by atoms with Crippen molar-refractivity contribution in [2.75, 3.05) is 32.7 Å². The van der Waals surface area contributed by atoms with E-state index in [1.165, 1.54) is 5.56 Å². The summed E-state index contributed by atoms with van der Waals surface area (Å²) in [6, 6.07) is 4.06. The van der Waals surface area contributed by atoms with Gasteiger partial charge >= 0.3 is 0 Å². The lowest BCUT2D eigenvalue weighted by Gasteiger charge is -2.36. The van der Waals surface area contributed by atoms with Crippen LogP contribution in [0.1, 0.15) is 25.3 Å². The van der Waals surface area contributed by atoms with Crippen LogP contribution in [0.4, 0.5) is 0 Å². The second-order valence-corrected chi connectivity index (χ2v) is 5.68. The van der Waals surface area contributed by atoms with Gasteiger partial charge in [-0.2, -0.15) is 0 Å². The summed E-state index contributed by atoms with van der Waals surface area (Å²) in [6.45, 7) is 6.92. The minimum atomic E-state index is -0.000117. The first-order valence-electron chi connectivity index (χ1n) is 7.84. The highest BCUT2D eigenvalue weighted by atomic mass is 16.2. The Labute approximate surface area is 127 Å². The lowest BCUT2D eigenvalue weighted by molar-refractivity contribution is -0.137. The molecule has 1 fully saturated rings. The van der Waals surface area contributed by atoms with Gasteiger partial charge in [-0.25, -0.2) is 0 Å². The quantitative estimate of drug-likeness (QED) is 0.852. The summed E-state index contributed by atoms with van der Waals surface area (Å²) < 4.78 is 0. The van der Waals surface area contributed by atoms with Crippen LogP contribution in [0.5, 0.6) is 0 Å². The molecule has 1 aliphatic heterocycles. The number of hydrogen-bond donors (Lipinski definition) is 1. The average molecular weight is 290 g/mol. The van der Waals surface area contributed by atoms with Gasteiger partial charge in [0.05, 0.1) is 5.92 Å². The summed E-state index contributed by atoms with van der Waals surface area (Å²) in [7, 11) is 0. The molecule has 0 radical (unpaired) electrons. The molecule has 2 N–H and O–H groups in total. The molecule has 1 amide bonds. The monoisotopic (exact) mass is 290 g/mol. The highest BCUT2D eigenvalue weighted by Gasteiger charge is 2.26. The fraction of sp³-hybridized carbons (Fsp3) is 0.625. The van der Waals surface area contributed by atoms with E-state index in [1.54, 1.807) is 6.20 Å². The largest absolute Gasteiger partial charge is 0.340 e. The van der Waals surface area contributed by atoms with Crippen molar-refractivity contribution in [3.63, 3.8) is 0 Å². The van der Waals surface area contributed by atoms with E-state index in [4.69, 9.17) is 5.73 Å². The number of hydrogen-bond acceptors (Lipinski definition) is 4. The molecule has 1 saturated heterocycles. The summed E-state index contributed by atoms with van der Waals surface area (Å²) in [4.78, 5) is 20.9. The fourth-order valence-electron chi connectivity index (χ4n) is 2.83. The van der Waals surface area contributed by atoms with Crippen LogP contribution in [0.2, 0.25) is 0 Å². The molecule has 0 saturated carbocycles. The topological polar surface area (TPSA) is 62.5 Å². The van der Waals surface area contributed by atoms with Crippen LogP contribution in [0.25, 0.3) is 0 Å². The molecule has 1 aliphatic rings. The van der Waals surface area contributed by atoms with E-state index in [1.807, 2.05) is 17.2 Å². The first-order valence-corrected chi connectivity index (χ1v) is 7.84. The van der Waals surface area contributed by atoms with Gasteiger partial charge in [0.25, 0.3) is 0 Å². The number of aromatic nitrogens is 1. The molecular formula is C16H26N4O. The highest BCUT2D eigenvalue weighted by molar-refractivity contribution is 5.79. The predicted molar refractivity (Wildman–Crippen MR) is 83.5 cm³/mol. The van der Waals surface area contributed by atoms with Crippen molar-refractivity contribution in [1.29, 1.82) is 0 Å². The van der Waals surface area contributed by atoms with Crippen molar-refractivity contribution in [3.8, 4) is 0 Å². The Bertz CT molecular complexity index is 429. The lowest BCUT2D eigenvalue weighted by atomic mass is 10.0. The number of pyridine rings is 1. The maximum atomic E-state index is 12.4. The van der Waals surface area contributed by atoms with Crippen molar-refractivity contribution < 1.29 is 4.79 Å². The zero-order chi connectivity index (χ0) is 15.1. The molecule has 0 spiro atoms. The first-order chi connectivity index (χ1) is 10.2. The summed E-state index contributed by atoms with van der Waals surface area (Å²) in [5.41, 5.74) is 6.96. The number of nitrogens with zero attached hydrogens (tertiary/aromatic N) is 3. The van der Waals surface area contributed by atoms with Gasteiger partial charge in [-0.1, -0.05) is 19.4 Å². The van der Waals surface area contributed by atoms with Crippen molar-refractivity contribution in [2.45, 2.75) is 26.3 Å². The van der Waals surface area contributed by atoms with E-state index in [2.05, 4.69) is 22.9 Å². The standard InChI is InChI=1S/C16H26N4O/c1-2-4-15(11-17)16(21)20-9-7-19(8-10-20)13-14-5-3-6-18-12-14/h3,5-6,12,15H,2,4,7-11,13,17H2,1H3. The van der Waals surface area contributed by atoms with Gasteiger partial charge in [-0.3, -0.25) is 14.7 Å². The average Bonchev–Trinajstić information content (AvgIpc) is 2.54. The van der Waals surface area contributed by atoms with Crippen LogP contribution in [0, 0.1) is 5.92 Å². The van der Waals surface area contributed by atoms with Gasteiger partial charge in [0.1, 0.15) is 0 Å². The van der Waals surface area contributed by atoms with E-state index in [0.717, 1.165) is 45.6 Å². The molecular weight excluding hydrogens is 264 g/mol. The Balaban J connectivity index is 1.81. The van der Waals surface area contributed by atoms with Crippen molar-refractivity contribution in [3.05, 3.63) is 30.1 Å². The van der Waals surface area contributed by atoms with E-state index in [-0.39, 0.29) is 11.8 Å². The molecule has 1 atom stereocenters. The van der Waals surface area contributed by atoms with Crippen molar-refractivity contribution >= 4 is 5.91 Å². The number of nitrogens with two attached hydrogens (primary N) is 1. The van der Waals surface area contributed by atoms with Crippen LogP contribution in [0.15, 0.2) is 24.5 Å². The molecule has 0 aromatic carbocycles. The molecule has 5 nitrogen and oxygen atoms in total. The van der Waals surface area contributed by atoms with E-state index in [9.17, 15) is 4.79 Å². The third kappa shape index (κ3) is 4.51. The van der Waals surface area contributed by atoms with Crippen LogP contribution in [-0.4, -0.2) is 53.4 Å². The molecule has 2 heterocycles. The fourth-order valence-corrected chi connectivity index (χ4v) is 2.83. The summed E-state index contributed by atoms with van der Waals surface area (Å²) in [6.07, 6.45) is 5.60. The molecule has 2 rings (SSSR count). The zero-order valence-electron chi connectivity index (χ0n) is 12.9. The maximum absolute atomic E-state index is 12.4. The molecule has 0 aliphatic carbocycles. The van der Waals surface area contributed by atoms with Gasteiger partial charge in [-0.05, 0) is 18.1 Å². The zero-order valence-corrected chi connectivity index (χ0v) is 12.9. The minimum Gasteiger partial charge on any atom is -0.340 e. The Morgan fingerprint density at radius 1 is 1.38 bits per heavy atom. The van der Waals surface area contributed by atoms with Gasteiger partial charge in [-0.15, -0.1) is 0 Å². The molecule has 116 valence electrons. The molecule has 21 heavy (non-hydrogen) atoms. The first kappa shape index (κ1) is 15.9. The molecule has 1 aromatic rings. The van der Waals surface area contributed by atoms with Crippen molar-refractivity contribution in [2.24, 2.45) is 11.7 Å². The van der Waals surface area contributed by atoms with Gasteiger partial charge in [0, 0.05) is 51.7 Å². The minimum absolute atomic E-state index is 0.000117. The maximum Gasteiger partial charge on any atom is 0.227 e. The number of carbonyl (C=O) groups excluding carboxylic acids is 1. The van der Waals surface area contributed by atoms with Crippen LogP contribution >= 0.6 is 0 Å². The Kier molecular flexibility index (Phi) is 6.14. The third-order valence-electron chi connectivity index (χ3n) is 4.08. The van der Waals surface area contributed by atoms with Crippen LogP contribution < -0.4 is 5.73 Å².